The van der Waals surface area contributed by atoms with Crippen molar-refractivity contribution >= 4 is 32.4 Å². The SMILES string of the molecule is CCCC1(CCC(C)CC)CC(C(=O)Nc2nnc(S(N)(=O)=O)s2)C1.CCCN. The zero-order chi connectivity index (χ0) is 22.1. The van der Waals surface area contributed by atoms with E-state index in [1.54, 1.807) is 0 Å². The molecule has 1 saturated carbocycles. The van der Waals surface area contributed by atoms with Gasteiger partial charge in [0.15, 0.2) is 0 Å². The maximum atomic E-state index is 12.4. The lowest BCUT2D eigenvalue weighted by Gasteiger charge is -2.48. The van der Waals surface area contributed by atoms with Crippen LogP contribution in [0.3, 0.4) is 0 Å². The number of carbonyl (C=O) groups excluding carboxylic acids is 1. The molecule has 1 unspecified atom stereocenters. The van der Waals surface area contributed by atoms with Crippen molar-refractivity contribution in [3.63, 3.8) is 0 Å². The van der Waals surface area contributed by atoms with Crippen molar-refractivity contribution in [3.05, 3.63) is 0 Å². The summed E-state index contributed by atoms with van der Waals surface area (Å²) in [5.74, 6) is 0.581. The molecule has 8 nitrogen and oxygen atoms in total. The van der Waals surface area contributed by atoms with E-state index in [0.717, 1.165) is 55.9 Å². The molecule has 2 rings (SSSR count). The van der Waals surface area contributed by atoms with Crippen molar-refractivity contribution in [1.29, 1.82) is 0 Å². The van der Waals surface area contributed by atoms with E-state index in [9.17, 15) is 13.2 Å². The molecule has 0 bridgehead atoms. The molecule has 1 heterocycles. The lowest BCUT2D eigenvalue weighted by atomic mass is 9.57. The Hall–Kier alpha value is -1.10. The number of rotatable bonds is 10. The van der Waals surface area contributed by atoms with Crippen molar-refractivity contribution in [3.8, 4) is 0 Å². The fourth-order valence-corrected chi connectivity index (χ4v) is 4.91. The second kappa shape index (κ2) is 11.9. The highest BCUT2D eigenvalue weighted by atomic mass is 32.2. The maximum Gasteiger partial charge on any atom is 0.267 e. The number of hydrogen-bond acceptors (Lipinski definition) is 7. The van der Waals surface area contributed by atoms with Gasteiger partial charge in [0.25, 0.3) is 10.0 Å². The zero-order valence-electron chi connectivity index (χ0n) is 18.1. The number of carbonyl (C=O) groups is 1. The van der Waals surface area contributed by atoms with Crippen molar-refractivity contribution in [2.45, 2.75) is 83.4 Å². The first-order valence-corrected chi connectivity index (χ1v) is 12.8. The normalized spacial score (nSPS) is 22.2. The summed E-state index contributed by atoms with van der Waals surface area (Å²) in [6, 6.07) is 0. The smallest absolute Gasteiger partial charge is 0.267 e. The molecule has 0 saturated heterocycles. The zero-order valence-corrected chi connectivity index (χ0v) is 19.7. The largest absolute Gasteiger partial charge is 0.330 e. The van der Waals surface area contributed by atoms with E-state index >= 15 is 0 Å². The van der Waals surface area contributed by atoms with Gasteiger partial charge < -0.3 is 11.1 Å². The number of sulfonamides is 1. The summed E-state index contributed by atoms with van der Waals surface area (Å²) < 4.78 is 22.1. The third-order valence-corrected chi connectivity index (χ3v) is 7.69. The van der Waals surface area contributed by atoms with Crippen LogP contribution in [0.5, 0.6) is 0 Å². The first-order valence-electron chi connectivity index (χ1n) is 10.5. The van der Waals surface area contributed by atoms with Crippen LogP contribution in [0.25, 0.3) is 0 Å². The van der Waals surface area contributed by atoms with Gasteiger partial charge in [-0.25, -0.2) is 13.6 Å². The van der Waals surface area contributed by atoms with E-state index in [1.165, 1.54) is 19.3 Å². The Labute approximate surface area is 179 Å². The first kappa shape index (κ1) is 25.9. The predicted octanol–water partition coefficient (Wildman–Crippen LogP) is 3.50. The lowest BCUT2D eigenvalue weighted by Crippen LogP contribution is -2.43. The summed E-state index contributed by atoms with van der Waals surface area (Å²) in [7, 11) is -3.88. The lowest BCUT2D eigenvalue weighted by molar-refractivity contribution is -0.128. The molecule has 29 heavy (non-hydrogen) atoms. The number of nitrogens with two attached hydrogens (primary N) is 2. The van der Waals surface area contributed by atoms with Gasteiger partial charge in [-0.15, -0.1) is 10.2 Å². The van der Waals surface area contributed by atoms with Gasteiger partial charge in [0, 0.05) is 5.92 Å². The van der Waals surface area contributed by atoms with E-state index < -0.39 is 10.0 Å². The number of nitrogens with zero attached hydrogens (tertiary/aromatic N) is 2. The van der Waals surface area contributed by atoms with Gasteiger partial charge in [-0.2, -0.15) is 0 Å². The molecule has 0 aromatic carbocycles. The Morgan fingerprint density at radius 2 is 1.86 bits per heavy atom. The van der Waals surface area contributed by atoms with Crippen LogP contribution in [0.1, 0.15) is 79.1 Å². The van der Waals surface area contributed by atoms with Crippen LogP contribution < -0.4 is 16.2 Å². The quantitative estimate of drug-likeness (QED) is 0.469. The molecule has 10 heteroatoms. The Kier molecular flexibility index (Phi) is 10.7. The van der Waals surface area contributed by atoms with Crippen LogP contribution in [0.4, 0.5) is 5.13 Å². The number of anilines is 1. The van der Waals surface area contributed by atoms with Crippen molar-refractivity contribution in [1.82, 2.24) is 10.2 Å². The van der Waals surface area contributed by atoms with E-state index in [-0.39, 0.29) is 26.7 Å². The topological polar surface area (TPSA) is 141 Å². The van der Waals surface area contributed by atoms with Crippen LogP contribution in [0, 0.1) is 17.3 Å². The Balaban J connectivity index is 0.000000960. The van der Waals surface area contributed by atoms with Crippen LogP contribution in [0.2, 0.25) is 0 Å². The van der Waals surface area contributed by atoms with E-state index in [0.29, 0.717) is 0 Å². The minimum absolute atomic E-state index is 0.0367. The van der Waals surface area contributed by atoms with Crippen molar-refractivity contribution in [2.24, 2.45) is 28.1 Å². The van der Waals surface area contributed by atoms with Gasteiger partial charge in [-0.1, -0.05) is 58.3 Å². The van der Waals surface area contributed by atoms with Crippen LogP contribution in [0.15, 0.2) is 4.34 Å². The monoisotopic (exact) mass is 447 g/mol. The third kappa shape index (κ3) is 8.27. The maximum absolute atomic E-state index is 12.4. The molecule has 1 aliphatic rings. The third-order valence-electron chi connectivity index (χ3n) is 5.54. The van der Waals surface area contributed by atoms with Crippen LogP contribution >= 0.6 is 11.3 Å². The number of amides is 1. The first-order chi connectivity index (χ1) is 13.6. The average Bonchev–Trinajstić information content (AvgIpc) is 3.12. The second-order valence-corrected chi connectivity index (χ2v) is 10.8. The summed E-state index contributed by atoms with van der Waals surface area (Å²) in [5.41, 5.74) is 5.31. The minimum Gasteiger partial charge on any atom is -0.330 e. The minimum atomic E-state index is -3.88. The highest BCUT2D eigenvalue weighted by Gasteiger charge is 2.46. The van der Waals surface area contributed by atoms with Gasteiger partial charge in [0.05, 0.1) is 0 Å². The number of hydrogen-bond donors (Lipinski definition) is 3. The van der Waals surface area contributed by atoms with Crippen LogP contribution in [-0.2, 0) is 14.8 Å². The molecule has 5 N–H and O–H groups in total. The van der Waals surface area contributed by atoms with E-state index in [1.807, 2.05) is 0 Å². The van der Waals surface area contributed by atoms with Gasteiger partial charge in [0.2, 0.25) is 15.4 Å². The fraction of sp³-hybridized carbons (Fsp3) is 0.842. The Morgan fingerprint density at radius 1 is 1.24 bits per heavy atom. The summed E-state index contributed by atoms with van der Waals surface area (Å²) in [6.07, 6.45) is 8.74. The molecule has 1 aliphatic carbocycles. The molecule has 1 aromatic heterocycles. The predicted molar refractivity (Wildman–Crippen MR) is 118 cm³/mol. The molecule has 0 spiro atoms. The number of nitrogens with one attached hydrogen (secondary N) is 1. The molecule has 1 amide bonds. The number of aromatic nitrogens is 2. The highest BCUT2D eigenvalue weighted by Crippen LogP contribution is 2.53. The molecule has 0 aliphatic heterocycles. The average molecular weight is 448 g/mol. The molecular formula is C19H37N5O3S2. The van der Waals surface area contributed by atoms with Gasteiger partial charge in [0.1, 0.15) is 0 Å². The Bertz CT molecular complexity index is 728. The highest BCUT2D eigenvalue weighted by molar-refractivity contribution is 7.91. The molecule has 168 valence electrons. The molecule has 0 radical (unpaired) electrons. The fourth-order valence-electron chi connectivity index (χ4n) is 3.57. The summed E-state index contributed by atoms with van der Waals surface area (Å²) in [4.78, 5) is 12.4. The summed E-state index contributed by atoms with van der Waals surface area (Å²) >= 11 is 0.780. The number of primary sulfonamides is 1. The Morgan fingerprint density at radius 3 is 2.31 bits per heavy atom. The second-order valence-electron chi connectivity index (χ2n) is 8.10. The van der Waals surface area contributed by atoms with Crippen molar-refractivity contribution in [2.75, 3.05) is 11.9 Å². The standard InChI is InChI=1S/C16H28N4O3S2.C3H9N/c1-4-7-16(8-6-11(3)5-2)9-12(10-16)13(21)18-14-19-20-15(24-14)25(17,22)23;1-2-3-4/h11-12H,4-10H2,1-3H3,(H2,17,22,23)(H,18,19,21);2-4H2,1H3. The summed E-state index contributed by atoms with van der Waals surface area (Å²) in [5, 5.41) is 15.0. The van der Waals surface area contributed by atoms with E-state index in [4.69, 9.17) is 10.9 Å². The molecule has 1 aromatic rings. The van der Waals surface area contributed by atoms with E-state index in [2.05, 4.69) is 43.2 Å². The molecule has 1 atom stereocenters. The van der Waals surface area contributed by atoms with Gasteiger partial charge >= 0.3 is 0 Å². The van der Waals surface area contributed by atoms with Gasteiger partial charge in [-0.05, 0) is 50.0 Å². The van der Waals surface area contributed by atoms with Crippen molar-refractivity contribution < 1.29 is 13.2 Å². The summed E-state index contributed by atoms with van der Waals surface area (Å²) in [6.45, 7) is 9.56. The molecule has 1 fully saturated rings. The van der Waals surface area contributed by atoms with Crippen LogP contribution in [-0.4, -0.2) is 31.1 Å². The van der Waals surface area contributed by atoms with Gasteiger partial charge in [-0.3, -0.25) is 4.79 Å². The molecular weight excluding hydrogens is 410 g/mol.